The lowest BCUT2D eigenvalue weighted by molar-refractivity contribution is -0.117. The van der Waals surface area contributed by atoms with Gasteiger partial charge in [0.2, 0.25) is 5.91 Å². The largest absolute Gasteiger partial charge is 0.333 e. The summed E-state index contributed by atoms with van der Waals surface area (Å²) in [5.74, 6) is -0.102. The Bertz CT molecular complexity index is 967. The number of benzene rings is 1. The van der Waals surface area contributed by atoms with Gasteiger partial charge in [-0.15, -0.1) is 0 Å². The molecule has 2 aromatic rings. The first-order chi connectivity index (χ1) is 13.5. The highest BCUT2D eigenvalue weighted by Crippen LogP contribution is 2.21. The average molecular weight is 439 g/mol. The molecule has 1 aromatic carbocycles. The molecule has 0 atom stereocenters. The lowest BCUT2D eigenvalue weighted by Gasteiger charge is -2.20. The van der Waals surface area contributed by atoms with Crippen LogP contribution in [-0.4, -0.2) is 32.8 Å². The smallest absolute Gasteiger partial charge is 0.321 e. The molecule has 0 bridgehead atoms. The highest BCUT2D eigenvalue weighted by molar-refractivity contribution is 7.99. The summed E-state index contributed by atoms with van der Waals surface area (Å²) in [4.78, 5) is 41.5. The summed E-state index contributed by atoms with van der Waals surface area (Å²) >= 11 is 7.16. The van der Waals surface area contributed by atoms with Crippen molar-refractivity contribution in [2.45, 2.75) is 58.3 Å². The number of hydrogen-bond acceptors (Lipinski definition) is 5. The van der Waals surface area contributed by atoms with Gasteiger partial charge in [-0.3, -0.25) is 19.5 Å². The molecule has 0 radical (unpaired) electrons. The van der Waals surface area contributed by atoms with Crippen molar-refractivity contribution in [2.24, 2.45) is 5.92 Å². The molecular formula is C20H27ClN4O3S. The molecule has 158 valence electrons. The van der Waals surface area contributed by atoms with E-state index in [4.69, 9.17) is 11.6 Å². The molecule has 0 aliphatic carbocycles. The van der Waals surface area contributed by atoms with Crippen LogP contribution in [0.15, 0.2) is 28.2 Å². The van der Waals surface area contributed by atoms with Gasteiger partial charge >= 0.3 is 6.03 Å². The summed E-state index contributed by atoms with van der Waals surface area (Å²) in [7, 11) is 0. The molecule has 0 saturated heterocycles. The number of carbonyl (C=O) groups is 2. The standard InChI is InChI=1S/C20H27ClN4O3S/c1-12(2)8-9-25-17(27)14-7-6-13(21)10-15(14)22-19(25)29-11-16(26)23-18(28)24-20(3,4)5/h6-7,10,12H,8-9,11H2,1-5H3,(H2,23,24,26,28). The second kappa shape index (κ2) is 9.63. The fraction of sp³-hybridized carbons (Fsp3) is 0.500. The Kier molecular flexibility index (Phi) is 7.71. The SMILES string of the molecule is CC(C)CCn1c(SCC(=O)NC(=O)NC(C)(C)C)nc2cc(Cl)ccc2c1=O. The van der Waals surface area contributed by atoms with E-state index in [1.54, 1.807) is 22.8 Å². The first kappa shape index (κ1) is 23.2. The van der Waals surface area contributed by atoms with Crippen molar-refractivity contribution in [1.82, 2.24) is 20.2 Å². The Morgan fingerprint density at radius 3 is 2.59 bits per heavy atom. The molecule has 1 aromatic heterocycles. The third-order valence-corrected chi connectivity index (χ3v) is 5.10. The third kappa shape index (κ3) is 7.04. The minimum Gasteiger partial charge on any atom is -0.333 e. The molecule has 0 fully saturated rings. The van der Waals surface area contributed by atoms with Gasteiger partial charge in [0, 0.05) is 17.1 Å². The predicted molar refractivity (Wildman–Crippen MR) is 118 cm³/mol. The molecule has 29 heavy (non-hydrogen) atoms. The number of imide groups is 1. The number of nitrogens with zero attached hydrogens (tertiary/aromatic N) is 2. The number of carbonyl (C=O) groups excluding carboxylic acids is 2. The number of urea groups is 1. The number of halogens is 1. The van der Waals surface area contributed by atoms with Gasteiger partial charge in [0.25, 0.3) is 5.56 Å². The van der Waals surface area contributed by atoms with Crippen LogP contribution in [0.1, 0.15) is 41.0 Å². The van der Waals surface area contributed by atoms with E-state index in [1.807, 2.05) is 20.8 Å². The fourth-order valence-electron chi connectivity index (χ4n) is 2.53. The summed E-state index contributed by atoms with van der Waals surface area (Å²) in [5.41, 5.74) is -0.133. The Morgan fingerprint density at radius 1 is 1.28 bits per heavy atom. The Hall–Kier alpha value is -2.06. The van der Waals surface area contributed by atoms with Crippen LogP contribution in [0.2, 0.25) is 5.02 Å². The second-order valence-corrected chi connectivity index (χ2v) is 9.62. The number of rotatable bonds is 6. The van der Waals surface area contributed by atoms with E-state index in [-0.39, 0.29) is 11.3 Å². The maximum absolute atomic E-state index is 13.0. The van der Waals surface area contributed by atoms with Crippen molar-refractivity contribution in [3.8, 4) is 0 Å². The van der Waals surface area contributed by atoms with Crippen molar-refractivity contribution in [3.05, 3.63) is 33.6 Å². The zero-order valence-corrected chi connectivity index (χ0v) is 18.9. The maximum atomic E-state index is 13.0. The van der Waals surface area contributed by atoms with Crippen LogP contribution >= 0.6 is 23.4 Å². The van der Waals surface area contributed by atoms with Crippen molar-refractivity contribution in [1.29, 1.82) is 0 Å². The van der Waals surface area contributed by atoms with Crippen LogP contribution in [0.25, 0.3) is 10.9 Å². The molecule has 0 unspecified atom stereocenters. The molecule has 0 aliphatic rings. The molecule has 7 nitrogen and oxygen atoms in total. The van der Waals surface area contributed by atoms with Crippen LogP contribution in [0.3, 0.4) is 0 Å². The van der Waals surface area contributed by atoms with E-state index in [9.17, 15) is 14.4 Å². The van der Waals surface area contributed by atoms with Gasteiger partial charge in [-0.25, -0.2) is 9.78 Å². The highest BCUT2D eigenvalue weighted by Gasteiger charge is 2.17. The molecule has 0 saturated carbocycles. The number of hydrogen-bond donors (Lipinski definition) is 2. The predicted octanol–water partition coefficient (Wildman–Crippen LogP) is 3.81. The topological polar surface area (TPSA) is 93.1 Å². The van der Waals surface area contributed by atoms with Crippen LogP contribution in [-0.2, 0) is 11.3 Å². The Morgan fingerprint density at radius 2 is 1.97 bits per heavy atom. The minimum absolute atomic E-state index is 0.0439. The van der Waals surface area contributed by atoms with Gasteiger partial charge in [-0.05, 0) is 51.3 Å². The summed E-state index contributed by atoms with van der Waals surface area (Å²) in [6, 6.07) is 4.40. The average Bonchev–Trinajstić information content (AvgIpc) is 2.57. The van der Waals surface area contributed by atoms with E-state index < -0.39 is 17.5 Å². The lowest BCUT2D eigenvalue weighted by atomic mass is 10.1. The van der Waals surface area contributed by atoms with Crippen molar-refractivity contribution in [3.63, 3.8) is 0 Å². The molecule has 0 spiro atoms. The van der Waals surface area contributed by atoms with Gasteiger partial charge in [-0.1, -0.05) is 37.2 Å². The van der Waals surface area contributed by atoms with E-state index in [0.29, 0.717) is 33.5 Å². The van der Waals surface area contributed by atoms with Crippen molar-refractivity contribution >= 4 is 46.2 Å². The highest BCUT2D eigenvalue weighted by atomic mass is 35.5. The quantitative estimate of drug-likeness (QED) is 0.528. The summed E-state index contributed by atoms with van der Waals surface area (Å²) < 4.78 is 1.59. The normalized spacial score (nSPS) is 11.7. The van der Waals surface area contributed by atoms with E-state index in [2.05, 4.69) is 29.5 Å². The lowest BCUT2D eigenvalue weighted by Crippen LogP contribution is -2.48. The fourth-order valence-corrected chi connectivity index (χ4v) is 3.52. The zero-order chi connectivity index (χ0) is 21.8. The number of nitrogens with one attached hydrogen (secondary N) is 2. The maximum Gasteiger partial charge on any atom is 0.321 e. The van der Waals surface area contributed by atoms with Crippen LogP contribution < -0.4 is 16.2 Å². The van der Waals surface area contributed by atoms with Gasteiger partial charge in [0.15, 0.2) is 5.16 Å². The molecule has 2 N–H and O–H groups in total. The second-order valence-electron chi connectivity index (χ2n) is 8.24. The monoisotopic (exact) mass is 438 g/mol. The first-order valence-electron chi connectivity index (χ1n) is 9.41. The minimum atomic E-state index is -0.557. The molecule has 3 amide bonds. The van der Waals surface area contributed by atoms with Gasteiger partial charge in [0.05, 0.1) is 16.7 Å². The van der Waals surface area contributed by atoms with Gasteiger partial charge in [-0.2, -0.15) is 0 Å². The van der Waals surface area contributed by atoms with Crippen molar-refractivity contribution in [2.75, 3.05) is 5.75 Å². The number of aromatic nitrogens is 2. The van der Waals surface area contributed by atoms with E-state index in [0.717, 1.165) is 18.2 Å². The zero-order valence-electron chi connectivity index (χ0n) is 17.3. The van der Waals surface area contributed by atoms with Gasteiger partial charge < -0.3 is 5.32 Å². The molecule has 1 heterocycles. The summed E-state index contributed by atoms with van der Waals surface area (Å²) in [5, 5.41) is 6.35. The molecular weight excluding hydrogens is 412 g/mol. The number of amides is 3. The Labute approximate surface area is 179 Å². The third-order valence-electron chi connectivity index (χ3n) is 3.89. The van der Waals surface area contributed by atoms with Crippen LogP contribution in [0.5, 0.6) is 0 Å². The molecule has 9 heteroatoms. The first-order valence-corrected chi connectivity index (χ1v) is 10.8. The van der Waals surface area contributed by atoms with Gasteiger partial charge in [0.1, 0.15) is 0 Å². The molecule has 0 aliphatic heterocycles. The summed E-state index contributed by atoms with van der Waals surface area (Å²) in [6.07, 6.45) is 0.800. The van der Waals surface area contributed by atoms with E-state index >= 15 is 0 Å². The van der Waals surface area contributed by atoms with Crippen molar-refractivity contribution < 1.29 is 9.59 Å². The number of thioether (sulfide) groups is 1. The van der Waals surface area contributed by atoms with Crippen LogP contribution in [0, 0.1) is 5.92 Å². The Balaban J connectivity index is 2.23. The van der Waals surface area contributed by atoms with E-state index in [1.165, 1.54) is 0 Å². The summed E-state index contributed by atoms with van der Waals surface area (Å²) in [6.45, 7) is 10.1. The van der Waals surface area contributed by atoms with Crippen LogP contribution in [0.4, 0.5) is 4.79 Å². The number of fused-ring (bicyclic) bond motifs is 1. The molecule has 2 rings (SSSR count).